The van der Waals surface area contributed by atoms with Crippen molar-refractivity contribution >= 4 is 12.4 Å². The number of rotatable bonds is 1. The summed E-state index contributed by atoms with van der Waals surface area (Å²) in [5, 5.41) is 0. The Hall–Kier alpha value is 0.130. The molecule has 0 radical (unpaired) electrons. The standard InChI is InChI=1S/C8H16N2O2.ClH/c9-10-7-1-3-8(4-2-7)11-5-6-12-8;/h7,10H,1-6,9H2;1H. The van der Waals surface area contributed by atoms with Crippen LogP contribution in [-0.4, -0.2) is 25.0 Å². The summed E-state index contributed by atoms with van der Waals surface area (Å²) in [6.07, 6.45) is 4.05. The fourth-order valence-electron chi connectivity index (χ4n) is 2.01. The summed E-state index contributed by atoms with van der Waals surface area (Å²) >= 11 is 0. The van der Waals surface area contributed by atoms with Crippen LogP contribution in [0.25, 0.3) is 0 Å². The number of halogens is 1. The highest BCUT2D eigenvalue weighted by Gasteiger charge is 2.39. The van der Waals surface area contributed by atoms with E-state index in [2.05, 4.69) is 5.43 Å². The van der Waals surface area contributed by atoms with Crippen LogP contribution < -0.4 is 11.3 Å². The molecule has 4 nitrogen and oxygen atoms in total. The molecule has 1 saturated heterocycles. The molecular weight excluding hydrogens is 192 g/mol. The zero-order chi connectivity index (χ0) is 8.44. The van der Waals surface area contributed by atoms with Crippen molar-refractivity contribution in [1.82, 2.24) is 5.43 Å². The van der Waals surface area contributed by atoms with Crippen LogP contribution in [-0.2, 0) is 9.47 Å². The molecule has 0 aromatic heterocycles. The third-order valence-electron chi connectivity index (χ3n) is 2.80. The number of hydrazine groups is 1. The Morgan fingerprint density at radius 1 is 1.15 bits per heavy atom. The quantitative estimate of drug-likeness (QED) is 0.489. The Labute approximate surface area is 84.5 Å². The highest BCUT2D eigenvalue weighted by atomic mass is 35.5. The molecule has 1 aliphatic carbocycles. The van der Waals surface area contributed by atoms with E-state index < -0.39 is 0 Å². The summed E-state index contributed by atoms with van der Waals surface area (Å²) < 4.78 is 11.2. The summed E-state index contributed by atoms with van der Waals surface area (Å²) in [7, 11) is 0. The summed E-state index contributed by atoms with van der Waals surface area (Å²) in [6, 6.07) is 0.448. The minimum Gasteiger partial charge on any atom is -0.348 e. The van der Waals surface area contributed by atoms with Gasteiger partial charge in [0.2, 0.25) is 0 Å². The van der Waals surface area contributed by atoms with Crippen molar-refractivity contribution in [3.8, 4) is 0 Å². The van der Waals surface area contributed by atoms with Gasteiger partial charge >= 0.3 is 0 Å². The Morgan fingerprint density at radius 3 is 2.15 bits per heavy atom. The highest BCUT2D eigenvalue weighted by Crippen LogP contribution is 2.35. The molecule has 78 valence electrons. The second kappa shape index (κ2) is 4.57. The van der Waals surface area contributed by atoms with Gasteiger partial charge in [-0.25, -0.2) is 0 Å². The Balaban J connectivity index is 0.000000845. The van der Waals surface area contributed by atoms with E-state index >= 15 is 0 Å². The molecule has 1 aliphatic heterocycles. The van der Waals surface area contributed by atoms with Crippen LogP contribution in [0.4, 0.5) is 0 Å². The lowest BCUT2D eigenvalue weighted by Crippen LogP contribution is -2.44. The molecular formula is C8H17ClN2O2. The van der Waals surface area contributed by atoms with Crippen molar-refractivity contribution in [1.29, 1.82) is 0 Å². The topological polar surface area (TPSA) is 56.5 Å². The summed E-state index contributed by atoms with van der Waals surface area (Å²) in [5.74, 6) is 5.12. The van der Waals surface area contributed by atoms with Crippen LogP contribution in [0.15, 0.2) is 0 Å². The minimum atomic E-state index is -0.243. The van der Waals surface area contributed by atoms with Gasteiger partial charge in [-0.3, -0.25) is 11.3 Å². The Kier molecular flexibility index (Phi) is 3.94. The second-order valence-corrected chi connectivity index (χ2v) is 3.55. The molecule has 0 atom stereocenters. The number of hydrogen-bond acceptors (Lipinski definition) is 4. The molecule has 0 unspecified atom stereocenters. The lowest BCUT2D eigenvalue weighted by Gasteiger charge is -2.34. The molecule has 2 aliphatic rings. The van der Waals surface area contributed by atoms with Crippen LogP contribution in [0.3, 0.4) is 0 Å². The zero-order valence-corrected chi connectivity index (χ0v) is 8.44. The lowest BCUT2D eigenvalue weighted by atomic mass is 9.90. The van der Waals surface area contributed by atoms with Gasteiger partial charge in [-0.2, -0.15) is 0 Å². The van der Waals surface area contributed by atoms with Crippen LogP contribution in [0.2, 0.25) is 0 Å². The van der Waals surface area contributed by atoms with Gasteiger partial charge in [-0.05, 0) is 12.8 Å². The van der Waals surface area contributed by atoms with Crippen LogP contribution >= 0.6 is 12.4 Å². The Morgan fingerprint density at radius 2 is 1.69 bits per heavy atom. The van der Waals surface area contributed by atoms with Gasteiger partial charge in [0.25, 0.3) is 0 Å². The van der Waals surface area contributed by atoms with Gasteiger partial charge in [0.15, 0.2) is 5.79 Å². The van der Waals surface area contributed by atoms with E-state index in [1.807, 2.05) is 0 Å². The predicted molar refractivity (Wildman–Crippen MR) is 51.5 cm³/mol. The van der Waals surface area contributed by atoms with Gasteiger partial charge in [-0.15, -0.1) is 12.4 Å². The molecule has 0 amide bonds. The summed E-state index contributed by atoms with van der Waals surface area (Å²) in [4.78, 5) is 0. The van der Waals surface area contributed by atoms with Crippen molar-refractivity contribution in [3.63, 3.8) is 0 Å². The first-order valence-electron chi connectivity index (χ1n) is 4.59. The van der Waals surface area contributed by atoms with Gasteiger partial charge in [0, 0.05) is 18.9 Å². The van der Waals surface area contributed by atoms with Crippen molar-refractivity contribution in [2.45, 2.75) is 37.5 Å². The third-order valence-corrected chi connectivity index (χ3v) is 2.80. The maximum atomic E-state index is 5.58. The molecule has 1 saturated carbocycles. The van der Waals surface area contributed by atoms with Crippen molar-refractivity contribution in [2.75, 3.05) is 13.2 Å². The minimum absolute atomic E-state index is 0. The average molecular weight is 209 g/mol. The first-order valence-corrected chi connectivity index (χ1v) is 4.59. The first-order chi connectivity index (χ1) is 5.85. The number of hydrogen-bond donors (Lipinski definition) is 2. The largest absolute Gasteiger partial charge is 0.348 e. The Bertz CT molecular complexity index is 152. The van der Waals surface area contributed by atoms with Gasteiger partial charge in [-0.1, -0.05) is 0 Å². The van der Waals surface area contributed by atoms with E-state index in [0.29, 0.717) is 6.04 Å². The fourth-order valence-corrected chi connectivity index (χ4v) is 2.01. The maximum absolute atomic E-state index is 5.58. The molecule has 3 N–H and O–H groups in total. The van der Waals surface area contributed by atoms with Gasteiger partial charge in [0.1, 0.15) is 0 Å². The van der Waals surface area contributed by atoms with E-state index in [-0.39, 0.29) is 18.2 Å². The van der Waals surface area contributed by atoms with E-state index in [4.69, 9.17) is 15.3 Å². The molecule has 5 heteroatoms. The van der Waals surface area contributed by atoms with Crippen molar-refractivity contribution < 1.29 is 9.47 Å². The number of nitrogens with two attached hydrogens (primary N) is 1. The molecule has 1 heterocycles. The first kappa shape index (κ1) is 11.2. The van der Waals surface area contributed by atoms with E-state index in [0.717, 1.165) is 38.9 Å². The van der Waals surface area contributed by atoms with E-state index in [9.17, 15) is 0 Å². The smallest absolute Gasteiger partial charge is 0.168 e. The molecule has 1 spiro atoms. The summed E-state index contributed by atoms with van der Waals surface area (Å²) in [5.41, 5.74) is 2.80. The van der Waals surface area contributed by atoms with Crippen LogP contribution in [0.5, 0.6) is 0 Å². The molecule has 13 heavy (non-hydrogen) atoms. The SMILES string of the molecule is Cl.NNC1CCC2(CC1)OCCO2. The molecule has 0 bridgehead atoms. The normalized spacial score (nSPS) is 27.5. The number of nitrogens with one attached hydrogen (secondary N) is 1. The average Bonchev–Trinajstić information content (AvgIpc) is 2.55. The van der Waals surface area contributed by atoms with E-state index in [1.54, 1.807) is 0 Å². The zero-order valence-electron chi connectivity index (χ0n) is 7.62. The third kappa shape index (κ3) is 2.33. The van der Waals surface area contributed by atoms with Crippen molar-refractivity contribution in [2.24, 2.45) is 5.84 Å². The monoisotopic (exact) mass is 208 g/mol. The molecule has 2 rings (SSSR count). The van der Waals surface area contributed by atoms with E-state index in [1.165, 1.54) is 0 Å². The van der Waals surface area contributed by atoms with Gasteiger partial charge < -0.3 is 9.47 Å². The van der Waals surface area contributed by atoms with Crippen LogP contribution in [0, 0.1) is 0 Å². The molecule has 2 fully saturated rings. The second-order valence-electron chi connectivity index (χ2n) is 3.55. The van der Waals surface area contributed by atoms with Gasteiger partial charge in [0.05, 0.1) is 13.2 Å². The number of ether oxygens (including phenoxy) is 2. The molecule has 0 aromatic carbocycles. The molecule has 0 aromatic rings. The van der Waals surface area contributed by atoms with Crippen molar-refractivity contribution in [3.05, 3.63) is 0 Å². The maximum Gasteiger partial charge on any atom is 0.168 e. The predicted octanol–water partition coefficient (Wildman–Crippen LogP) is 0.557. The highest BCUT2D eigenvalue weighted by molar-refractivity contribution is 5.85. The van der Waals surface area contributed by atoms with Crippen LogP contribution in [0.1, 0.15) is 25.7 Å². The lowest BCUT2D eigenvalue weighted by molar-refractivity contribution is -0.179. The summed E-state index contributed by atoms with van der Waals surface area (Å²) in [6.45, 7) is 1.50. The fraction of sp³-hybridized carbons (Fsp3) is 1.00.